The van der Waals surface area contributed by atoms with Gasteiger partial charge in [-0.15, -0.1) is 0 Å². The number of anilines is 1. The molecule has 106 valence electrons. The summed E-state index contributed by atoms with van der Waals surface area (Å²) in [6.07, 6.45) is 4.87. The van der Waals surface area contributed by atoms with Crippen molar-refractivity contribution in [2.45, 2.75) is 51.5 Å². The van der Waals surface area contributed by atoms with Gasteiger partial charge in [-0.05, 0) is 50.7 Å². The van der Waals surface area contributed by atoms with Gasteiger partial charge in [-0.2, -0.15) is 5.26 Å². The summed E-state index contributed by atoms with van der Waals surface area (Å²) in [5.74, 6) is -0.219. The summed E-state index contributed by atoms with van der Waals surface area (Å²) in [5.41, 5.74) is 2.80. The molecule has 2 rings (SSSR count). The third kappa shape index (κ3) is 3.47. The molecule has 2 N–H and O–H groups in total. The Labute approximate surface area is 118 Å². The first-order valence-corrected chi connectivity index (χ1v) is 7.01. The average Bonchev–Trinajstić information content (AvgIpc) is 2.44. The number of nitriles is 1. The molecule has 1 aliphatic rings. The number of fused-ring (bicyclic) bond motifs is 1. The Morgan fingerprint density at radius 3 is 3.00 bits per heavy atom. The Kier molecular flexibility index (Phi) is 4.57. The van der Waals surface area contributed by atoms with Crippen LogP contribution in [0.4, 0.5) is 5.82 Å². The van der Waals surface area contributed by atoms with Gasteiger partial charge in [0.25, 0.3) is 0 Å². The minimum absolute atomic E-state index is 0.0210. The van der Waals surface area contributed by atoms with E-state index in [0.29, 0.717) is 17.8 Å². The van der Waals surface area contributed by atoms with E-state index in [-0.39, 0.29) is 12.5 Å². The summed E-state index contributed by atoms with van der Waals surface area (Å²) in [6, 6.07) is 4.08. The molecule has 0 saturated heterocycles. The molecule has 0 bridgehead atoms. The van der Waals surface area contributed by atoms with Crippen LogP contribution in [0.1, 0.15) is 49.4 Å². The second kappa shape index (κ2) is 6.38. The smallest absolute Gasteiger partial charge is 0.303 e. The van der Waals surface area contributed by atoms with Gasteiger partial charge < -0.3 is 10.4 Å². The lowest BCUT2D eigenvalue weighted by atomic mass is 9.95. The van der Waals surface area contributed by atoms with Gasteiger partial charge in [0.15, 0.2) is 0 Å². The fourth-order valence-electron chi connectivity index (χ4n) is 2.47. The number of aromatic nitrogens is 1. The van der Waals surface area contributed by atoms with Crippen LogP contribution in [0.3, 0.4) is 0 Å². The molecule has 0 spiro atoms. The average molecular weight is 273 g/mol. The number of pyridine rings is 1. The third-order valence-corrected chi connectivity index (χ3v) is 3.60. The summed E-state index contributed by atoms with van der Waals surface area (Å²) >= 11 is 0. The largest absolute Gasteiger partial charge is 0.481 e. The molecule has 5 heteroatoms. The Morgan fingerprint density at radius 2 is 2.30 bits per heavy atom. The maximum absolute atomic E-state index is 10.6. The molecule has 1 aromatic rings. The molecule has 1 aliphatic carbocycles. The normalized spacial score (nSPS) is 15.0. The zero-order valence-electron chi connectivity index (χ0n) is 11.6. The van der Waals surface area contributed by atoms with Gasteiger partial charge in [0, 0.05) is 18.2 Å². The van der Waals surface area contributed by atoms with Crippen molar-refractivity contribution < 1.29 is 9.90 Å². The van der Waals surface area contributed by atoms with Gasteiger partial charge in [0.1, 0.15) is 11.9 Å². The van der Waals surface area contributed by atoms with Crippen LogP contribution in [0.5, 0.6) is 0 Å². The number of rotatable bonds is 5. The summed E-state index contributed by atoms with van der Waals surface area (Å²) in [7, 11) is 0. The second-order valence-corrected chi connectivity index (χ2v) is 5.29. The monoisotopic (exact) mass is 273 g/mol. The van der Waals surface area contributed by atoms with Crippen LogP contribution in [0, 0.1) is 11.3 Å². The van der Waals surface area contributed by atoms with Crippen LogP contribution in [0.2, 0.25) is 0 Å². The van der Waals surface area contributed by atoms with Gasteiger partial charge in [-0.25, -0.2) is 4.98 Å². The fraction of sp³-hybridized carbons (Fsp3) is 0.533. The number of nitrogens with zero attached hydrogens (tertiary/aromatic N) is 2. The minimum Gasteiger partial charge on any atom is -0.481 e. The lowest BCUT2D eigenvalue weighted by Crippen LogP contribution is -2.19. The van der Waals surface area contributed by atoms with Crippen molar-refractivity contribution >= 4 is 11.8 Å². The molecule has 1 atom stereocenters. The number of nitrogens with one attached hydrogen (secondary N) is 1. The lowest BCUT2D eigenvalue weighted by Gasteiger charge is -2.19. The van der Waals surface area contributed by atoms with E-state index in [4.69, 9.17) is 5.11 Å². The van der Waals surface area contributed by atoms with Gasteiger partial charge in [0.05, 0.1) is 5.56 Å². The molecule has 0 fully saturated rings. The summed E-state index contributed by atoms with van der Waals surface area (Å²) in [4.78, 5) is 15.1. The number of carbonyl (C=O) groups is 1. The number of carboxylic acids is 1. The van der Waals surface area contributed by atoms with E-state index in [1.165, 1.54) is 5.56 Å². The van der Waals surface area contributed by atoms with Crippen molar-refractivity contribution in [3.63, 3.8) is 0 Å². The molecule has 0 aliphatic heterocycles. The molecule has 5 nitrogen and oxygen atoms in total. The SMILES string of the molecule is CC(CCC(=O)O)Nc1nc2c(cc1C#N)CCCC2. The first-order chi connectivity index (χ1) is 9.60. The molecule has 1 aromatic heterocycles. The Balaban J connectivity index is 2.14. The van der Waals surface area contributed by atoms with Gasteiger partial charge in [-0.3, -0.25) is 4.79 Å². The first kappa shape index (κ1) is 14.3. The van der Waals surface area contributed by atoms with Crippen molar-refractivity contribution in [1.29, 1.82) is 5.26 Å². The van der Waals surface area contributed by atoms with Crippen LogP contribution in [-0.2, 0) is 17.6 Å². The standard InChI is InChI=1S/C15H19N3O2/c1-10(6-7-14(19)20)17-15-12(9-16)8-11-4-2-3-5-13(11)18-15/h8,10H,2-7H2,1H3,(H,17,18)(H,19,20). The highest BCUT2D eigenvalue weighted by molar-refractivity contribution is 5.66. The topological polar surface area (TPSA) is 86.0 Å². The van der Waals surface area contributed by atoms with Crippen LogP contribution in [0.15, 0.2) is 6.07 Å². The highest BCUT2D eigenvalue weighted by Crippen LogP contribution is 2.24. The molecular formula is C15H19N3O2. The maximum atomic E-state index is 10.6. The molecule has 0 aromatic carbocycles. The molecule has 0 amide bonds. The Bertz CT molecular complexity index is 549. The Hall–Kier alpha value is -2.09. The first-order valence-electron chi connectivity index (χ1n) is 7.01. The van der Waals surface area contributed by atoms with E-state index in [0.717, 1.165) is 31.4 Å². The van der Waals surface area contributed by atoms with Crippen LogP contribution < -0.4 is 5.32 Å². The van der Waals surface area contributed by atoms with Crippen molar-refractivity contribution in [3.8, 4) is 6.07 Å². The zero-order valence-corrected chi connectivity index (χ0v) is 11.6. The van der Waals surface area contributed by atoms with Crippen LogP contribution >= 0.6 is 0 Å². The van der Waals surface area contributed by atoms with Crippen LogP contribution in [-0.4, -0.2) is 22.1 Å². The number of aryl methyl sites for hydroxylation is 2. The van der Waals surface area contributed by atoms with E-state index in [9.17, 15) is 10.1 Å². The summed E-state index contributed by atoms with van der Waals surface area (Å²) < 4.78 is 0. The van der Waals surface area contributed by atoms with E-state index in [2.05, 4.69) is 16.4 Å². The van der Waals surface area contributed by atoms with Crippen molar-refractivity contribution in [2.75, 3.05) is 5.32 Å². The van der Waals surface area contributed by atoms with Gasteiger partial charge in [0.2, 0.25) is 0 Å². The predicted octanol–water partition coefficient (Wildman–Crippen LogP) is 2.50. The van der Waals surface area contributed by atoms with E-state index in [1.54, 1.807) is 0 Å². The summed E-state index contributed by atoms with van der Waals surface area (Å²) in [6.45, 7) is 1.91. The quantitative estimate of drug-likeness (QED) is 0.860. The fourth-order valence-corrected chi connectivity index (χ4v) is 2.47. The predicted molar refractivity (Wildman–Crippen MR) is 75.5 cm³/mol. The molecular weight excluding hydrogens is 254 g/mol. The molecule has 1 unspecified atom stereocenters. The number of hydrogen-bond donors (Lipinski definition) is 2. The summed E-state index contributed by atoms with van der Waals surface area (Å²) in [5, 5.41) is 21.1. The second-order valence-electron chi connectivity index (χ2n) is 5.29. The highest BCUT2D eigenvalue weighted by atomic mass is 16.4. The number of carboxylic acid groups (broad SMARTS) is 1. The van der Waals surface area contributed by atoms with E-state index >= 15 is 0 Å². The Morgan fingerprint density at radius 1 is 1.55 bits per heavy atom. The molecule has 1 heterocycles. The zero-order chi connectivity index (χ0) is 14.5. The van der Waals surface area contributed by atoms with Crippen molar-refractivity contribution in [2.24, 2.45) is 0 Å². The third-order valence-electron chi connectivity index (χ3n) is 3.60. The maximum Gasteiger partial charge on any atom is 0.303 e. The molecule has 0 saturated carbocycles. The highest BCUT2D eigenvalue weighted by Gasteiger charge is 2.16. The van der Waals surface area contributed by atoms with E-state index < -0.39 is 5.97 Å². The molecule has 0 radical (unpaired) electrons. The van der Waals surface area contributed by atoms with Crippen LogP contribution in [0.25, 0.3) is 0 Å². The molecule has 20 heavy (non-hydrogen) atoms. The van der Waals surface area contributed by atoms with Gasteiger partial charge in [-0.1, -0.05) is 0 Å². The van der Waals surface area contributed by atoms with Gasteiger partial charge >= 0.3 is 5.97 Å². The van der Waals surface area contributed by atoms with Crippen molar-refractivity contribution in [3.05, 3.63) is 22.9 Å². The lowest BCUT2D eigenvalue weighted by molar-refractivity contribution is -0.137. The number of hydrogen-bond acceptors (Lipinski definition) is 4. The number of aliphatic carboxylic acids is 1. The van der Waals surface area contributed by atoms with Crippen molar-refractivity contribution in [1.82, 2.24) is 4.98 Å². The minimum atomic E-state index is -0.808. The van der Waals surface area contributed by atoms with E-state index in [1.807, 2.05) is 13.0 Å².